The first kappa shape index (κ1) is 16.6. The third-order valence-corrected chi connectivity index (χ3v) is 4.98. The number of nitrogens with one attached hydrogen (secondary N) is 1. The molecule has 0 radical (unpaired) electrons. The largest absolute Gasteiger partial charge is 0.361 e. The molecule has 0 aliphatic carbocycles. The monoisotopic (exact) mass is 327 g/mol. The maximum atomic E-state index is 12.1. The summed E-state index contributed by atoms with van der Waals surface area (Å²) in [6, 6.07) is 3.48. The lowest BCUT2D eigenvalue weighted by molar-refractivity contribution is 0.401. The van der Waals surface area contributed by atoms with Gasteiger partial charge >= 0.3 is 0 Å². The Labute approximate surface area is 130 Å². The minimum atomic E-state index is -3.57. The summed E-state index contributed by atoms with van der Waals surface area (Å²) < 4.78 is 29.5. The van der Waals surface area contributed by atoms with Crippen molar-refractivity contribution in [3.8, 4) is 0 Å². The second-order valence-corrected chi connectivity index (χ2v) is 7.22. The normalized spacial score (nSPS) is 12.5. The van der Waals surface area contributed by atoms with Crippen molar-refractivity contribution in [3.05, 3.63) is 18.0 Å². The average Bonchev–Trinajstić information content (AvgIpc) is 2.86. The van der Waals surface area contributed by atoms with Crippen molar-refractivity contribution in [2.45, 2.75) is 26.4 Å². The molecule has 2 aromatic heterocycles. The van der Waals surface area contributed by atoms with E-state index in [9.17, 15) is 8.42 Å². The van der Waals surface area contributed by atoms with Crippen molar-refractivity contribution in [1.82, 2.24) is 28.8 Å². The van der Waals surface area contributed by atoms with Gasteiger partial charge in [0.05, 0.1) is 6.54 Å². The highest BCUT2D eigenvalue weighted by Gasteiger charge is 2.21. The van der Waals surface area contributed by atoms with E-state index in [1.807, 2.05) is 25.1 Å². The summed E-state index contributed by atoms with van der Waals surface area (Å²) >= 11 is 0. The minimum Gasteiger partial charge on any atom is -0.361 e. The molecule has 0 spiro atoms. The molecule has 0 unspecified atom stereocenters. The third kappa shape index (κ3) is 3.34. The quantitative estimate of drug-likeness (QED) is 0.794. The fourth-order valence-electron chi connectivity index (χ4n) is 1.71. The van der Waals surface area contributed by atoms with Gasteiger partial charge in [0.1, 0.15) is 5.82 Å². The zero-order chi connectivity index (χ0) is 16.5. The van der Waals surface area contributed by atoms with E-state index >= 15 is 0 Å². The molecule has 0 fully saturated rings. The highest BCUT2D eigenvalue weighted by atomic mass is 32.2. The SMILES string of the molecule is CC(C)N(C)S(=O)(=O)NCc1nnc2ccc(N(C)C)nn12. The molecule has 0 atom stereocenters. The molecular formula is C12H21N7O2S. The Kier molecular flexibility index (Phi) is 4.63. The predicted octanol–water partition coefficient (Wildman–Crippen LogP) is -0.135. The van der Waals surface area contributed by atoms with Gasteiger partial charge in [-0.2, -0.15) is 22.0 Å². The lowest BCUT2D eigenvalue weighted by atomic mass is 10.4. The van der Waals surface area contributed by atoms with Crippen molar-refractivity contribution in [3.63, 3.8) is 0 Å². The molecule has 0 aliphatic heterocycles. The van der Waals surface area contributed by atoms with E-state index in [4.69, 9.17) is 0 Å². The standard InChI is InChI=1S/C12H21N7O2S/c1-9(2)18(5)22(20,21)13-8-12-15-14-10-6-7-11(17(3)4)16-19(10)12/h6-7,9,13H,8H2,1-5H3. The first-order valence-corrected chi connectivity index (χ1v) is 8.27. The Morgan fingerprint density at radius 1 is 1.23 bits per heavy atom. The Morgan fingerprint density at radius 3 is 2.50 bits per heavy atom. The molecule has 0 amide bonds. The van der Waals surface area contributed by atoms with Crippen molar-refractivity contribution in [2.75, 3.05) is 26.0 Å². The smallest absolute Gasteiger partial charge is 0.279 e. The van der Waals surface area contributed by atoms with Crippen LogP contribution in [-0.2, 0) is 16.8 Å². The van der Waals surface area contributed by atoms with Crippen LogP contribution in [0.2, 0.25) is 0 Å². The Hall–Kier alpha value is -1.78. The maximum absolute atomic E-state index is 12.1. The lowest BCUT2D eigenvalue weighted by Crippen LogP contribution is -2.41. The molecule has 0 aliphatic rings. The fraction of sp³-hybridized carbons (Fsp3) is 0.583. The van der Waals surface area contributed by atoms with E-state index in [2.05, 4.69) is 20.0 Å². The van der Waals surface area contributed by atoms with Gasteiger partial charge in [-0.1, -0.05) is 0 Å². The fourth-order valence-corrected chi connectivity index (χ4v) is 2.78. The minimum absolute atomic E-state index is 0.0183. The van der Waals surface area contributed by atoms with Gasteiger partial charge in [-0.25, -0.2) is 0 Å². The molecule has 0 bridgehead atoms. The van der Waals surface area contributed by atoms with E-state index in [-0.39, 0.29) is 12.6 Å². The predicted molar refractivity (Wildman–Crippen MR) is 83.8 cm³/mol. The second-order valence-electron chi connectivity index (χ2n) is 5.41. The van der Waals surface area contributed by atoms with Gasteiger partial charge in [0.15, 0.2) is 11.5 Å². The Balaban J connectivity index is 2.23. The highest BCUT2D eigenvalue weighted by Crippen LogP contribution is 2.10. The van der Waals surface area contributed by atoms with Crippen molar-refractivity contribution in [1.29, 1.82) is 0 Å². The van der Waals surface area contributed by atoms with Gasteiger partial charge in [0, 0.05) is 27.2 Å². The van der Waals surface area contributed by atoms with Crippen LogP contribution in [0, 0.1) is 0 Å². The van der Waals surface area contributed by atoms with E-state index in [0.29, 0.717) is 11.5 Å². The van der Waals surface area contributed by atoms with Crippen LogP contribution in [0.4, 0.5) is 5.82 Å². The van der Waals surface area contributed by atoms with Gasteiger partial charge in [0.25, 0.3) is 10.2 Å². The number of nitrogens with zero attached hydrogens (tertiary/aromatic N) is 6. The van der Waals surface area contributed by atoms with Crippen LogP contribution in [0.3, 0.4) is 0 Å². The number of hydrogen-bond donors (Lipinski definition) is 1. The number of anilines is 1. The molecule has 0 saturated heterocycles. The molecule has 1 N–H and O–H groups in total. The molecule has 0 saturated carbocycles. The van der Waals surface area contributed by atoms with Crippen molar-refractivity contribution < 1.29 is 8.42 Å². The van der Waals surface area contributed by atoms with Gasteiger partial charge < -0.3 is 4.90 Å². The summed E-state index contributed by atoms with van der Waals surface area (Å²) in [5.74, 6) is 1.16. The zero-order valence-electron chi connectivity index (χ0n) is 13.3. The van der Waals surface area contributed by atoms with E-state index < -0.39 is 10.2 Å². The Bertz CT molecular complexity index is 754. The molecule has 22 heavy (non-hydrogen) atoms. The zero-order valence-corrected chi connectivity index (χ0v) is 14.2. The summed E-state index contributed by atoms with van der Waals surface area (Å²) in [4.78, 5) is 1.85. The Morgan fingerprint density at radius 2 is 1.91 bits per heavy atom. The van der Waals surface area contributed by atoms with Gasteiger partial charge in [0.2, 0.25) is 0 Å². The summed E-state index contributed by atoms with van der Waals surface area (Å²) in [6.07, 6.45) is 0. The first-order valence-electron chi connectivity index (χ1n) is 6.83. The number of aromatic nitrogens is 4. The van der Waals surface area contributed by atoms with Crippen molar-refractivity contribution >= 4 is 21.7 Å². The molecule has 10 heteroatoms. The summed E-state index contributed by atoms with van der Waals surface area (Å²) in [6.45, 7) is 3.62. The number of hydrogen-bond acceptors (Lipinski definition) is 6. The van der Waals surface area contributed by atoms with E-state index in [1.54, 1.807) is 19.9 Å². The molecule has 2 aromatic rings. The van der Waals surface area contributed by atoms with Crippen LogP contribution < -0.4 is 9.62 Å². The second kappa shape index (κ2) is 6.15. The lowest BCUT2D eigenvalue weighted by Gasteiger charge is -2.20. The summed E-state index contributed by atoms with van der Waals surface area (Å²) in [5, 5.41) is 12.4. The third-order valence-electron chi connectivity index (χ3n) is 3.29. The molecule has 2 heterocycles. The van der Waals surface area contributed by atoms with Crippen LogP contribution in [0.25, 0.3) is 5.65 Å². The van der Waals surface area contributed by atoms with Crippen molar-refractivity contribution in [2.24, 2.45) is 0 Å². The average molecular weight is 327 g/mol. The van der Waals surface area contributed by atoms with E-state index in [0.717, 1.165) is 5.82 Å². The molecule has 9 nitrogen and oxygen atoms in total. The topological polar surface area (TPSA) is 95.7 Å². The summed E-state index contributed by atoms with van der Waals surface area (Å²) in [5.41, 5.74) is 0.567. The van der Waals surface area contributed by atoms with Gasteiger partial charge in [-0.05, 0) is 26.0 Å². The number of fused-ring (bicyclic) bond motifs is 1. The summed E-state index contributed by atoms with van der Waals surface area (Å²) in [7, 11) is 1.71. The molecule has 122 valence electrons. The first-order chi connectivity index (χ1) is 10.2. The molecular weight excluding hydrogens is 306 g/mol. The number of rotatable bonds is 6. The van der Waals surface area contributed by atoms with Gasteiger partial charge in [-0.15, -0.1) is 15.3 Å². The van der Waals surface area contributed by atoms with Crippen LogP contribution >= 0.6 is 0 Å². The van der Waals surface area contributed by atoms with Crippen LogP contribution in [-0.4, -0.2) is 59.7 Å². The van der Waals surface area contributed by atoms with Crippen LogP contribution in [0.1, 0.15) is 19.7 Å². The maximum Gasteiger partial charge on any atom is 0.279 e. The molecule has 0 aromatic carbocycles. The van der Waals surface area contributed by atoms with Crippen LogP contribution in [0.15, 0.2) is 12.1 Å². The van der Waals surface area contributed by atoms with E-state index in [1.165, 1.54) is 15.9 Å². The van der Waals surface area contributed by atoms with Gasteiger partial charge in [-0.3, -0.25) is 0 Å². The highest BCUT2D eigenvalue weighted by molar-refractivity contribution is 7.87. The van der Waals surface area contributed by atoms with Crippen LogP contribution in [0.5, 0.6) is 0 Å². The molecule has 2 rings (SSSR count).